The maximum absolute atomic E-state index is 5.56. The average Bonchev–Trinajstić information content (AvgIpc) is 2.60. The lowest BCUT2D eigenvalue weighted by Crippen LogP contribution is -2.05. The van der Waals surface area contributed by atoms with E-state index in [1.54, 1.807) is 11.3 Å². The SMILES string of the molecule is Cc1cc(NCc2nc(C)cs2)nc(N)n1. The molecule has 0 atom stereocenters. The van der Waals surface area contributed by atoms with E-state index in [-0.39, 0.29) is 5.95 Å². The second-order valence-electron chi connectivity index (χ2n) is 3.49. The van der Waals surface area contributed by atoms with Gasteiger partial charge in [-0.3, -0.25) is 0 Å². The van der Waals surface area contributed by atoms with Gasteiger partial charge in [-0.25, -0.2) is 9.97 Å². The zero-order chi connectivity index (χ0) is 11.5. The Morgan fingerprint density at radius 3 is 2.69 bits per heavy atom. The van der Waals surface area contributed by atoms with Gasteiger partial charge in [-0.1, -0.05) is 0 Å². The van der Waals surface area contributed by atoms with Gasteiger partial charge in [0.05, 0.1) is 6.54 Å². The van der Waals surface area contributed by atoms with Crippen molar-refractivity contribution in [2.75, 3.05) is 11.1 Å². The van der Waals surface area contributed by atoms with Crippen LogP contribution in [0.15, 0.2) is 11.4 Å². The van der Waals surface area contributed by atoms with Crippen LogP contribution >= 0.6 is 11.3 Å². The molecule has 0 bridgehead atoms. The van der Waals surface area contributed by atoms with Gasteiger partial charge in [0, 0.05) is 22.8 Å². The van der Waals surface area contributed by atoms with Crippen molar-refractivity contribution < 1.29 is 0 Å². The lowest BCUT2D eigenvalue weighted by molar-refractivity contribution is 1.04. The molecule has 0 aliphatic heterocycles. The normalized spacial score (nSPS) is 10.4. The molecule has 0 spiro atoms. The van der Waals surface area contributed by atoms with Gasteiger partial charge in [0.15, 0.2) is 0 Å². The van der Waals surface area contributed by atoms with Crippen LogP contribution in [0, 0.1) is 13.8 Å². The van der Waals surface area contributed by atoms with Gasteiger partial charge < -0.3 is 11.1 Å². The van der Waals surface area contributed by atoms with Gasteiger partial charge in [-0.05, 0) is 13.8 Å². The summed E-state index contributed by atoms with van der Waals surface area (Å²) in [5.41, 5.74) is 7.45. The van der Waals surface area contributed by atoms with Crippen LogP contribution in [0.25, 0.3) is 0 Å². The fourth-order valence-corrected chi connectivity index (χ4v) is 2.04. The van der Waals surface area contributed by atoms with Gasteiger partial charge in [0.1, 0.15) is 10.8 Å². The van der Waals surface area contributed by atoms with Gasteiger partial charge in [0.2, 0.25) is 5.95 Å². The molecule has 0 saturated heterocycles. The van der Waals surface area contributed by atoms with E-state index in [0.717, 1.165) is 22.2 Å². The van der Waals surface area contributed by atoms with E-state index in [1.807, 2.05) is 25.3 Å². The maximum Gasteiger partial charge on any atom is 0.222 e. The molecule has 2 aromatic heterocycles. The zero-order valence-electron chi connectivity index (χ0n) is 9.19. The molecule has 2 rings (SSSR count). The van der Waals surface area contributed by atoms with E-state index >= 15 is 0 Å². The molecule has 0 saturated carbocycles. The molecule has 0 aromatic carbocycles. The molecule has 5 nitrogen and oxygen atoms in total. The van der Waals surface area contributed by atoms with Gasteiger partial charge in [-0.15, -0.1) is 11.3 Å². The Bertz CT molecular complexity index is 473. The number of rotatable bonds is 3. The Morgan fingerprint density at radius 1 is 1.25 bits per heavy atom. The number of hydrogen-bond donors (Lipinski definition) is 2. The molecule has 2 aromatic rings. The largest absolute Gasteiger partial charge is 0.368 e. The monoisotopic (exact) mass is 235 g/mol. The Labute approximate surface area is 97.8 Å². The van der Waals surface area contributed by atoms with E-state index in [2.05, 4.69) is 20.3 Å². The van der Waals surface area contributed by atoms with Crippen molar-refractivity contribution >= 4 is 23.1 Å². The number of nitrogens with two attached hydrogens (primary N) is 1. The summed E-state index contributed by atoms with van der Waals surface area (Å²) in [6.07, 6.45) is 0. The molecular weight excluding hydrogens is 222 g/mol. The highest BCUT2D eigenvalue weighted by molar-refractivity contribution is 7.09. The Balaban J connectivity index is 2.04. The number of thiazole rings is 1. The van der Waals surface area contributed by atoms with Crippen LogP contribution in [0.5, 0.6) is 0 Å². The summed E-state index contributed by atoms with van der Waals surface area (Å²) in [7, 11) is 0. The number of nitrogens with one attached hydrogen (secondary N) is 1. The van der Waals surface area contributed by atoms with E-state index in [1.165, 1.54) is 0 Å². The van der Waals surface area contributed by atoms with E-state index < -0.39 is 0 Å². The van der Waals surface area contributed by atoms with Crippen molar-refractivity contribution in [2.24, 2.45) is 0 Å². The van der Waals surface area contributed by atoms with Crippen LogP contribution in [0.4, 0.5) is 11.8 Å². The van der Waals surface area contributed by atoms with E-state index in [4.69, 9.17) is 5.73 Å². The van der Waals surface area contributed by atoms with Crippen LogP contribution in [0.2, 0.25) is 0 Å². The van der Waals surface area contributed by atoms with Gasteiger partial charge in [0.25, 0.3) is 0 Å². The lowest BCUT2D eigenvalue weighted by atomic mass is 10.4. The molecule has 6 heteroatoms. The summed E-state index contributed by atoms with van der Waals surface area (Å²) < 4.78 is 0. The average molecular weight is 235 g/mol. The van der Waals surface area contributed by atoms with Crippen molar-refractivity contribution in [3.8, 4) is 0 Å². The summed E-state index contributed by atoms with van der Waals surface area (Å²) in [4.78, 5) is 12.4. The molecule has 3 N–H and O–H groups in total. The van der Waals surface area contributed by atoms with Crippen LogP contribution in [0.3, 0.4) is 0 Å². The third kappa shape index (κ3) is 2.66. The first-order chi connectivity index (χ1) is 7.63. The highest BCUT2D eigenvalue weighted by Gasteiger charge is 2.01. The lowest BCUT2D eigenvalue weighted by Gasteiger charge is -2.04. The summed E-state index contributed by atoms with van der Waals surface area (Å²) >= 11 is 1.63. The van der Waals surface area contributed by atoms with Crippen molar-refractivity contribution in [1.82, 2.24) is 15.0 Å². The zero-order valence-corrected chi connectivity index (χ0v) is 10.0. The molecule has 0 fully saturated rings. The molecule has 0 radical (unpaired) electrons. The minimum atomic E-state index is 0.290. The Morgan fingerprint density at radius 2 is 2.06 bits per heavy atom. The highest BCUT2D eigenvalue weighted by atomic mass is 32.1. The third-order valence-corrected chi connectivity index (χ3v) is 2.93. The van der Waals surface area contributed by atoms with E-state index in [9.17, 15) is 0 Å². The fraction of sp³-hybridized carbons (Fsp3) is 0.300. The summed E-state index contributed by atoms with van der Waals surface area (Å²) in [6, 6.07) is 1.86. The summed E-state index contributed by atoms with van der Waals surface area (Å²) in [6.45, 7) is 4.53. The Hall–Kier alpha value is -1.69. The Kier molecular flexibility index (Phi) is 3.00. The molecule has 0 amide bonds. The number of anilines is 2. The minimum absolute atomic E-state index is 0.290. The second-order valence-corrected chi connectivity index (χ2v) is 4.43. The number of aromatic nitrogens is 3. The van der Waals surface area contributed by atoms with Gasteiger partial charge in [-0.2, -0.15) is 4.98 Å². The highest BCUT2D eigenvalue weighted by Crippen LogP contribution is 2.12. The molecule has 2 heterocycles. The predicted molar refractivity (Wildman–Crippen MR) is 65.4 cm³/mol. The first-order valence-corrected chi connectivity index (χ1v) is 5.77. The van der Waals surface area contributed by atoms with Crippen molar-refractivity contribution in [3.05, 3.63) is 27.8 Å². The van der Waals surface area contributed by atoms with Crippen LogP contribution < -0.4 is 11.1 Å². The van der Waals surface area contributed by atoms with Crippen LogP contribution in [-0.2, 0) is 6.54 Å². The fourth-order valence-electron chi connectivity index (χ4n) is 1.33. The van der Waals surface area contributed by atoms with Crippen molar-refractivity contribution in [1.29, 1.82) is 0 Å². The molecule has 0 aliphatic rings. The molecular formula is C10H13N5S. The first kappa shape index (κ1) is 10.8. The van der Waals surface area contributed by atoms with Crippen LogP contribution in [-0.4, -0.2) is 15.0 Å². The predicted octanol–water partition coefficient (Wildman–Crippen LogP) is 1.74. The maximum atomic E-state index is 5.56. The minimum Gasteiger partial charge on any atom is -0.368 e. The van der Waals surface area contributed by atoms with E-state index in [0.29, 0.717) is 6.54 Å². The summed E-state index contributed by atoms with van der Waals surface area (Å²) in [5, 5.41) is 6.23. The number of nitrogens with zero attached hydrogens (tertiary/aromatic N) is 3. The number of hydrogen-bond acceptors (Lipinski definition) is 6. The van der Waals surface area contributed by atoms with Gasteiger partial charge >= 0.3 is 0 Å². The standard InChI is InChI=1S/C10H13N5S/c1-6-3-8(15-10(11)14-6)12-4-9-13-7(2)5-16-9/h3,5H,4H2,1-2H3,(H3,11,12,14,15). The third-order valence-electron chi connectivity index (χ3n) is 1.96. The summed E-state index contributed by atoms with van der Waals surface area (Å²) in [5.74, 6) is 1.02. The molecule has 0 unspecified atom stereocenters. The van der Waals surface area contributed by atoms with Crippen LogP contribution in [0.1, 0.15) is 16.4 Å². The molecule has 84 valence electrons. The van der Waals surface area contributed by atoms with Crippen molar-refractivity contribution in [2.45, 2.75) is 20.4 Å². The number of nitrogen functional groups attached to an aromatic ring is 1. The number of aryl methyl sites for hydroxylation is 2. The molecule has 0 aliphatic carbocycles. The van der Waals surface area contributed by atoms with Crippen molar-refractivity contribution in [3.63, 3.8) is 0 Å². The quantitative estimate of drug-likeness (QED) is 0.847. The smallest absolute Gasteiger partial charge is 0.222 e. The topological polar surface area (TPSA) is 76.7 Å². The second kappa shape index (κ2) is 4.44. The molecule has 16 heavy (non-hydrogen) atoms. The first-order valence-electron chi connectivity index (χ1n) is 4.89.